The maximum Gasteiger partial charge on any atom is 0.300 e. The van der Waals surface area contributed by atoms with Gasteiger partial charge < -0.3 is 9.67 Å². The van der Waals surface area contributed by atoms with Gasteiger partial charge in [0.25, 0.3) is 5.97 Å². The van der Waals surface area contributed by atoms with Crippen molar-refractivity contribution in [2.24, 2.45) is 7.05 Å². The monoisotopic (exact) mass is 333 g/mol. The molecule has 5 nitrogen and oxygen atoms in total. The summed E-state index contributed by atoms with van der Waals surface area (Å²) in [5.74, 6) is -0.833. The van der Waals surface area contributed by atoms with E-state index in [1.165, 1.54) is 16.5 Å². The molecular formula is C19H31N3O2. The molecule has 0 saturated carbocycles. The molecule has 2 aromatic rings. The van der Waals surface area contributed by atoms with E-state index in [1.54, 1.807) is 0 Å². The van der Waals surface area contributed by atoms with Crippen molar-refractivity contribution in [2.45, 2.75) is 46.3 Å². The highest BCUT2D eigenvalue weighted by Crippen LogP contribution is 2.22. The number of likely N-dealkylation sites (N-methyl/N-ethyl adjacent to an activating group) is 1. The molecule has 134 valence electrons. The number of carboxylic acid groups (broad SMARTS) is 1. The minimum atomic E-state index is -0.833. The Balaban J connectivity index is 0.000000423. The van der Waals surface area contributed by atoms with Gasteiger partial charge in [0, 0.05) is 43.7 Å². The molecule has 2 unspecified atom stereocenters. The zero-order chi connectivity index (χ0) is 18.3. The number of aromatic nitrogens is 1. The molecule has 2 N–H and O–H groups in total. The topological polar surface area (TPSA) is 57.5 Å². The Labute approximate surface area is 145 Å². The van der Waals surface area contributed by atoms with Crippen LogP contribution in [0, 0.1) is 0 Å². The third-order valence-electron chi connectivity index (χ3n) is 4.09. The van der Waals surface area contributed by atoms with Crippen LogP contribution >= 0.6 is 0 Å². The van der Waals surface area contributed by atoms with E-state index in [2.05, 4.69) is 66.3 Å². The maximum absolute atomic E-state index is 9.00. The number of hydrogen-bond donors (Lipinski definition) is 2. The highest BCUT2D eigenvalue weighted by atomic mass is 16.4. The van der Waals surface area contributed by atoms with Gasteiger partial charge in [-0.1, -0.05) is 32.0 Å². The fraction of sp³-hybridized carbons (Fsp3) is 0.526. The number of aliphatic carboxylic acids is 1. The minimum Gasteiger partial charge on any atom is -0.481 e. The quantitative estimate of drug-likeness (QED) is 0.887. The Hall–Kier alpha value is -1.85. The van der Waals surface area contributed by atoms with E-state index in [9.17, 15) is 0 Å². The molecule has 2 heterocycles. The summed E-state index contributed by atoms with van der Waals surface area (Å²) in [6.07, 6.45) is 3.87. The van der Waals surface area contributed by atoms with Gasteiger partial charge in [-0.15, -0.1) is 0 Å². The first-order valence-corrected chi connectivity index (χ1v) is 8.57. The summed E-state index contributed by atoms with van der Waals surface area (Å²) >= 11 is 0. The normalized spacial score (nSPS) is 20.1. The largest absolute Gasteiger partial charge is 0.481 e. The Kier molecular flexibility index (Phi) is 7.95. The van der Waals surface area contributed by atoms with Gasteiger partial charge >= 0.3 is 0 Å². The number of carboxylic acids is 1. The number of benzene rings is 1. The van der Waals surface area contributed by atoms with Crippen molar-refractivity contribution >= 4 is 16.9 Å². The number of para-hydroxylation sites is 1. The second kappa shape index (κ2) is 9.45. The van der Waals surface area contributed by atoms with Gasteiger partial charge in [-0.25, -0.2) is 0 Å². The predicted octanol–water partition coefficient (Wildman–Crippen LogP) is 3.09. The van der Waals surface area contributed by atoms with Gasteiger partial charge in [0.05, 0.1) is 6.17 Å². The van der Waals surface area contributed by atoms with Crippen molar-refractivity contribution in [2.75, 3.05) is 13.6 Å². The zero-order valence-electron chi connectivity index (χ0n) is 15.7. The standard InChI is InChI=1S/C15H21N3.C2H4O2.C2H6/c1-11-16-13(10-17(11)2)8-12-9-18(3)15-7-5-4-6-14(12)15;1-2(3)4;1-2/h4-7,9,11,13,16H,8,10H2,1-3H3;1H3,(H,3,4);1-2H3. The lowest BCUT2D eigenvalue weighted by Gasteiger charge is -2.11. The minimum absolute atomic E-state index is 0.491. The fourth-order valence-corrected chi connectivity index (χ4v) is 3.00. The van der Waals surface area contributed by atoms with Gasteiger partial charge in [0.2, 0.25) is 0 Å². The SMILES string of the molecule is CC.CC(=O)O.CC1NC(Cc2cn(C)c3ccccc23)CN1C. The molecule has 1 aromatic heterocycles. The van der Waals surface area contributed by atoms with Crippen molar-refractivity contribution in [3.05, 3.63) is 36.0 Å². The average molecular weight is 333 g/mol. The van der Waals surface area contributed by atoms with Crippen LogP contribution in [0.4, 0.5) is 0 Å². The van der Waals surface area contributed by atoms with Crippen molar-refractivity contribution in [1.82, 2.24) is 14.8 Å². The van der Waals surface area contributed by atoms with E-state index in [0.29, 0.717) is 12.2 Å². The van der Waals surface area contributed by atoms with E-state index in [1.807, 2.05) is 13.8 Å². The average Bonchev–Trinajstić information content (AvgIpc) is 3.02. The summed E-state index contributed by atoms with van der Waals surface area (Å²) < 4.78 is 2.23. The molecular weight excluding hydrogens is 302 g/mol. The van der Waals surface area contributed by atoms with Gasteiger partial charge in [0.1, 0.15) is 0 Å². The highest BCUT2D eigenvalue weighted by molar-refractivity contribution is 5.83. The number of hydrogen-bond acceptors (Lipinski definition) is 3. The van der Waals surface area contributed by atoms with Crippen LogP contribution in [-0.4, -0.2) is 46.3 Å². The van der Waals surface area contributed by atoms with Crippen LogP contribution in [0.2, 0.25) is 0 Å². The molecule has 2 atom stereocenters. The van der Waals surface area contributed by atoms with E-state index in [0.717, 1.165) is 19.9 Å². The van der Waals surface area contributed by atoms with E-state index >= 15 is 0 Å². The lowest BCUT2D eigenvalue weighted by molar-refractivity contribution is -0.134. The first-order valence-electron chi connectivity index (χ1n) is 8.57. The second-order valence-corrected chi connectivity index (χ2v) is 5.98. The number of carbonyl (C=O) groups is 1. The summed E-state index contributed by atoms with van der Waals surface area (Å²) in [7, 11) is 4.31. The van der Waals surface area contributed by atoms with Gasteiger partial charge in [0.15, 0.2) is 0 Å². The Morgan fingerprint density at radius 2 is 1.88 bits per heavy atom. The van der Waals surface area contributed by atoms with Crippen LogP contribution in [0.5, 0.6) is 0 Å². The number of nitrogens with one attached hydrogen (secondary N) is 1. The molecule has 0 aliphatic carbocycles. The molecule has 1 aliphatic rings. The first kappa shape index (κ1) is 20.2. The van der Waals surface area contributed by atoms with E-state index < -0.39 is 5.97 Å². The molecule has 0 radical (unpaired) electrons. The predicted molar refractivity (Wildman–Crippen MR) is 100 cm³/mol. The van der Waals surface area contributed by atoms with Gasteiger partial charge in [-0.3, -0.25) is 15.0 Å². The summed E-state index contributed by atoms with van der Waals surface area (Å²) in [5, 5.41) is 12.5. The van der Waals surface area contributed by atoms with Crippen molar-refractivity contribution in [1.29, 1.82) is 0 Å². The number of nitrogens with zero attached hydrogens (tertiary/aromatic N) is 2. The first-order chi connectivity index (χ1) is 11.4. The Bertz CT molecular complexity index is 637. The van der Waals surface area contributed by atoms with Gasteiger partial charge in [-0.2, -0.15) is 0 Å². The van der Waals surface area contributed by atoms with E-state index in [4.69, 9.17) is 9.90 Å². The van der Waals surface area contributed by atoms with E-state index in [-0.39, 0.29) is 0 Å². The molecule has 1 aromatic carbocycles. The number of rotatable bonds is 2. The van der Waals surface area contributed by atoms with Crippen molar-refractivity contribution < 1.29 is 9.90 Å². The molecule has 0 amide bonds. The summed E-state index contributed by atoms with van der Waals surface area (Å²) in [6, 6.07) is 9.22. The number of aryl methyl sites for hydroxylation is 1. The molecule has 0 bridgehead atoms. The summed E-state index contributed by atoms with van der Waals surface area (Å²) in [4.78, 5) is 11.4. The lowest BCUT2D eigenvalue weighted by atomic mass is 10.1. The molecule has 5 heteroatoms. The van der Waals surface area contributed by atoms with Crippen molar-refractivity contribution in [3.63, 3.8) is 0 Å². The summed E-state index contributed by atoms with van der Waals surface area (Å²) in [5.41, 5.74) is 2.78. The van der Waals surface area contributed by atoms with Crippen LogP contribution in [0.15, 0.2) is 30.5 Å². The maximum atomic E-state index is 9.00. The molecule has 1 fully saturated rings. The lowest BCUT2D eigenvalue weighted by Crippen LogP contribution is -2.32. The Morgan fingerprint density at radius 3 is 2.42 bits per heavy atom. The van der Waals surface area contributed by atoms with Crippen LogP contribution in [0.3, 0.4) is 0 Å². The molecule has 3 rings (SSSR count). The molecule has 1 aliphatic heterocycles. The zero-order valence-corrected chi connectivity index (χ0v) is 15.7. The second-order valence-electron chi connectivity index (χ2n) is 5.98. The van der Waals surface area contributed by atoms with Gasteiger partial charge in [-0.05, 0) is 32.0 Å². The molecule has 1 saturated heterocycles. The third kappa shape index (κ3) is 5.35. The van der Waals surface area contributed by atoms with Crippen LogP contribution in [0.1, 0.15) is 33.3 Å². The van der Waals surface area contributed by atoms with Crippen LogP contribution in [-0.2, 0) is 18.3 Å². The Morgan fingerprint density at radius 1 is 1.29 bits per heavy atom. The summed E-state index contributed by atoms with van der Waals surface area (Å²) in [6.45, 7) is 8.44. The number of fused-ring (bicyclic) bond motifs is 1. The smallest absolute Gasteiger partial charge is 0.300 e. The third-order valence-corrected chi connectivity index (χ3v) is 4.09. The van der Waals surface area contributed by atoms with Crippen LogP contribution in [0.25, 0.3) is 10.9 Å². The van der Waals surface area contributed by atoms with Crippen molar-refractivity contribution in [3.8, 4) is 0 Å². The van der Waals surface area contributed by atoms with Crippen LogP contribution < -0.4 is 5.32 Å². The molecule has 24 heavy (non-hydrogen) atoms. The highest BCUT2D eigenvalue weighted by Gasteiger charge is 2.25. The fourth-order valence-electron chi connectivity index (χ4n) is 3.00. The molecule has 0 spiro atoms.